The normalized spacial score (nSPS) is 12.3. The average molecular weight is 433 g/mol. The number of hydrogen-bond donors (Lipinski definition) is 1. The van der Waals surface area contributed by atoms with E-state index in [4.69, 9.17) is 4.74 Å². The molecule has 0 heterocycles. The highest BCUT2D eigenvalue weighted by atomic mass is 32.2. The van der Waals surface area contributed by atoms with Crippen LogP contribution in [0.4, 0.5) is 5.69 Å². The number of anilines is 1. The first-order valence-corrected chi connectivity index (χ1v) is 11.9. The second kappa shape index (κ2) is 9.98. The van der Waals surface area contributed by atoms with Crippen molar-refractivity contribution in [1.29, 1.82) is 0 Å². The summed E-state index contributed by atoms with van der Waals surface area (Å²) >= 11 is 0. The lowest BCUT2D eigenvalue weighted by atomic mass is 10.1. The fourth-order valence-electron chi connectivity index (χ4n) is 3.40. The molecular weight excluding hydrogens is 400 g/mol. The highest BCUT2D eigenvalue weighted by Gasteiger charge is 2.31. The first-order chi connectivity index (χ1) is 14.0. The second-order valence-electron chi connectivity index (χ2n) is 7.71. The molecule has 0 aliphatic heterocycles. The molecular formula is C23H32N2O4S. The molecule has 0 bridgehead atoms. The van der Waals surface area contributed by atoms with Crippen molar-refractivity contribution >= 4 is 21.6 Å². The molecule has 0 radical (unpaired) electrons. The largest absolute Gasteiger partial charge is 0.492 e. The lowest BCUT2D eigenvalue weighted by Crippen LogP contribution is -2.50. The highest BCUT2D eigenvalue weighted by molar-refractivity contribution is 7.92. The number of carbonyl (C=O) groups excluding carboxylic acids is 1. The van der Waals surface area contributed by atoms with Gasteiger partial charge in [-0.1, -0.05) is 19.1 Å². The Morgan fingerprint density at radius 2 is 1.67 bits per heavy atom. The van der Waals surface area contributed by atoms with Crippen LogP contribution in [0.5, 0.6) is 5.75 Å². The van der Waals surface area contributed by atoms with Crippen LogP contribution >= 0.6 is 0 Å². The van der Waals surface area contributed by atoms with Crippen molar-refractivity contribution in [3.8, 4) is 5.75 Å². The van der Waals surface area contributed by atoms with Crippen molar-refractivity contribution in [3.05, 3.63) is 58.7 Å². The summed E-state index contributed by atoms with van der Waals surface area (Å²) in [6, 6.07) is 10.5. The molecule has 2 aromatic rings. The third-order valence-electron chi connectivity index (χ3n) is 4.94. The smallest absolute Gasteiger partial charge is 0.244 e. The Kier molecular flexibility index (Phi) is 7.89. The number of aryl methyl sites for hydroxylation is 4. The Morgan fingerprint density at radius 3 is 2.20 bits per heavy atom. The van der Waals surface area contributed by atoms with Gasteiger partial charge in [-0.2, -0.15) is 0 Å². The summed E-state index contributed by atoms with van der Waals surface area (Å²) < 4.78 is 32.0. The lowest BCUT2D eigenvalue weighted by Gasteiger charge is -2.30. The van der Waals surface area contributed by atoms with Crippen LogP contribution < -0.4 is 14.4 Å². The molecule has 2 rings (SSSR count). The van der Waals surface area contributed by atoms with Gasteiger partial charge >= 0.3 is 0 Å². The third-order valence-corrected chi connectivity index (χ3v) is 6.12. The number of sulfonamides is 1. The number of ether oxygens (including phenoxy) is 1. The fraction of sp³-hybridized carbons (Fsp3) is 0.435. The molecule has 30 heavy (non-hydrogen) atoms. The van der Waals surface area contributed by atoms with Crippen molar-refractivity contribution in [2.45, 2.75) is 47.1 Å². The summed E-state index contributed by atoms with van der Waals surface area (Å²) in [6.45, 7) is 10.3. The molecule has 1 atom stereocenters. The van der Waals surface area contributed by atoms with Gasteiger partial charge in [0, 0.05) is 0 Å². The Labute approximate surface area is 180 Å². The summed E-state index contributed by atoms with van der Waals surface area (Å²) in [4.78, 5) is 12.8. The number of hydrogen-bond acceptors (Lipinski definition) is 4. The maximum atomic E-state index is 12.8. The second-order valence-corrected chi connectivity index (χ2v) is 9.57. The first kappa shape index (κ1) is 23.7. The zero-order valence-electron chi connectivity index (χ0n) is 18.7. The minimum atomic E-state index is -3.65. The number of amides is 1. The van der Waals surface area contributed by atoms with Crippen LogP contribution in [-0.4, -0.2) is 39.8 Å². The number of carbonyl (C=O) groups is 1. The molecule has 164 valence electrons. The van der Waals surface area contributed by atoms with Crippen molar-refractivity contribution in [2.24, 2.45) is 0 Å². The highest BCUT2D eigenvalue weighted by Crippen LogP contribution is 2.25. The van der Waals surface area contributed by atoms with Crippen molar-refractivity contribution < 1.29 is 17.9 Å². The molecule has 0 unspecified atom stereocenters. The fourth-order valence-corrected chi connectivity index (χ4v) is 4.60. The Balaban J connectivity index is 2.09. The Bertz CT molecular complexity index is 982. The van der Waals surface area contributed by atoms with Crippen molar-refractivity contribution in [2.75, 3.05) is 23.7 Å². The van der Waals surface area contributed by atoms with E-state index in [1.54, 1.807) is 19.1 Å². The molecule has 0 saturated heterocycles. The molecule has 0 saturated carbocycles. The van der Waals surface area contributed by atoms with E-state index in [1.807, 2.05) is 45.9 Å². The SMILES string of the molecule is CC[C@@H](C(=O)NCCOc1cc(C)cc(C)c1)N(c1ccc(C)c(C)c1)S(C)(=O)=O. The molecule has 6 nitrogen and oxygen atoms in total. The predicted octanol–water partition coefficient (Wildman–Crippen LogP) is 3.66. The molecule has 0 aliphatic rings. The van der Waals surface area contributed by atoms with E-state index in [0.717, 1.165) is 34.3 Å². The van der Waals surface area contributed by atoms with Gasteiger partial charge in [-0.3, -0.25) is 9.10 Å². The van der Waals surface area contributed by atoms with Gasteiger partial charge in [-0.05, 0) is 80.6 Å². The van der Waals surface area contributed by atoms with Crippen LogP contribution in [0.25, 0.3) is 0 Å². The van der Waals surface area contributed by atoms with Gasteiger partial charge in [0.2, 0.25) is 15.9 Å². The standard InChI is InChI=1S/C23H32N2O4S/c1-7-22(25(30(6,27)28)20-9-8-18(4)19(5)15-20)23(26)24-10-11-29-21-13-16(2)12-17(3)14-21/h8-9,12-15,22H,7,10-11H2,1-6H3,(H,24,26)/t22-/m0/s1. The summed E-state index contributed by atoms with van der Waals surface area (Å²) in [5, 5.41) is 2.81. The number of rotatable bonds is 9. The van der Waals surface area contributed by atoms with Crippen LogP contribution in [-0.2, 0) is 14.8 Å². The summed E-state index contributed by atoms with van der Waals surface area (Å²) in [5.74, 6) is 0.409. The molecule has 0 aliphatic carbocycles. The van der Waals surface area contributed by atoms with Crippen LogP contribution in [0.2, 0.25) is 0 Å². The van der Waals surface area contributed by atoms with E-state index in [1.165, 1.54) is 4.31 Å². The van der Waals surface area contributed by atoms with E-state index in [2.05, 4.69) is 11.4 Å². The molecule has 1 N–H and O–H groups in total. The van der Waals surface area contributed by atoms with Gasteiger partial charge < -0.3 is 10.1 Å². The first-order valence-electron chi connectivity index (χ1n) is 10.1. The van der Waals surface area contributed by atoms with E-state index in [-0.39, 0.29) is 12.5 Å². The summed E-state index contributed by atoms with van der Waals surface area (Å²) in [7, 11) is -3.65. The van der Waals surface area contributed by atoms with E-state index >= 15 is 0 Å². The van der Waals surface area contributed by atoms with Gasteiger partial charge in [-0.15, -0.1) is 0 Å². The van der Waals surface area contributed by atoms with Gasteiger partial charge in [0.25, 0.3) is 0 Å². The van der Waals surface area contributed by atoms with Gasteiger partial charge in [-0.25, -0.2) is 8.42 Å². The quantitative estimate of drug-likeness (QED) is 0.614. The molecule has 0 fully saturated rings. The van der Waals surface area contributed by atoms with Crippen molar-refractivity contribution in [3.63, 3.8) is 0 Å². The Hall–Kier alpha value is -2.54. The molecule has 7 heteroatoms. The topological polar surface area (TPSA) is 75.7 Å². The number of nitrogens with zero attached hydrogens (tertiary/aromatic N) is 1. The minimum absolute atomic E-state index is 0.285. The molecule has 2 aromatic carbocycles. The summed E-state index contributed by atoms with van der Waals surface area (Å²) in [5.41, 5.74) is 4.75. The van der Waals surface area contributed by atoms with Gasteiger partial charge in [0.05, 0.1) is 18.5 Å². The van der Waals surface area contributed by atoms with Crippen molar-refractivity contribution in [1.82, 2.24) is 5.32 Å². The number of nitrogens with one attached hydrogen (secondary N) is 1. The maximum Gasteiger partial charge on any atom is 0.244 e. The average Bonchev–Trinajstić information content (AvgIpc) is 2.63. The molecule has 0 aromatic heterocycles. The summed E-state index contributed by atoms with van der Waals surface area (Å²) in [6.07, 6.45) is 1.48. The minimum Gasteiger partial charge on any atom is -0.492 e. The predicted molar refractivity (Wildman–Crippen MR) is 122 cm³/mol. The van der Waals surface area contributed by atoms with Crippen LogP contribution in [0.3, 0.4) is 0 Å². The molecule has 0 spiro atoms. The van der Waals surface area contributed by atoms with Crippen LogP contribution in [0, 0.1) is 27.7 Å². The third kappa shape index (κ3) is 6.23. The van der Waals surface area contributed by atoms with Gasteiger partial charge in [0.15, 0.2) is 0 Å². The Morgan fingerprint density at radius 1 is 1.03 bits per heavy atom. The van der Waals surface area contributed by atoms with E-state index in [0.29, 0.717) is 18.7 Å². The zero-order valence-corrected chi connectivity index (χ0v) is 19.5. The number of benzene rings is 2. The maximum absolute atomic E-state index is 12.8. The van der Waals surface area contributed by atoms with E-state index < -0.39 is 16.1 Å². The zero-order chi connectivity index (χ0) is 22.5. The molecule has 1 amide bonds. The van der Waals surface area contributed by atoms with E-state index in [9.17, 15) is 13.2 Å². The van der Waals surface area contributed by atoms with Crippen LogP contribution in [0.15, 0.2) is 36.4 Å². The van der Waals surface area contributed by atoms with Crippen LogP contribution in [0.1, 0.15) is 35.6 Å². The van der Waals surface area contributed by atoms with Gasteiger partial charge in [0.1, 0.15) is 18.4 Å². The monoisotopic (exact) mass is 432 g/mol. The lowest BCUT2D eigenvalue weighted by molar-refractivity contribution is -0.122.